The molecule has 22 heavy (non-hydrogen) atoms. The fraction of sp³-hybridized carbons (Fsp3) is 0.467. The van der Waals surface area contributed by atoms with Crippen LogP contribution in [0.25, 0.3) is 0 Å². The molecule has 0 atom stereocenters. The number of hydrogen-bond acceptors (Lipinski definition) is 6. The third kappa shape index (κ3) is 3.60. The summed E-state index contributed by atoms with van der Waals surface area (Å²) in [5.41, 5.74) is -0.942. The molecule has 0 bridgehead atoms. The Balaban J connectivity index is 2.86. The van der Waals surface area contributed by atoms with Crippen molar-refractivity contribution in [2.24, 2.45) is 5.41 Å². The average molecular weight is 309 g/mol. The van der Waals surface area contributed by atoms with Crippen molar-refractivity contribution in [3.05, 3.63) is 39.9 Å². The Morgan fingerprint density at radius 1 is 1.23 bits per heavy atom. The van der Waals surface area contributed by atoms with Crippen LogP contribution in [0.15, 0.2) is 24.3 Å². The molecule has 0 aliphatic rings. The van der Waals surface area contributed by atoms with Gasteiger partial charge in [0.1, 0.15) is 6.61 Å². The van der Waals surface area contributed by atoms with Gasteiger partial charge in [-0.2, -0.15) is 0 Å². The molecule has 7 heteroatoms. The summed E-state index contributed by atoms with van der Waals surface area (Å²) in [6.07, 6.45) is 0.508. The molecule has 1 aromatic rings. The predicted octanol–water partition coefficient (Wildman–Crippen LogP) is 2.62. The predicted molar refractivity (Wildman–Crippen MR) is 77.9 cm³/mol. The molecule has 0 fully saturated rings. The van der Waals surface area contributed by atoms with Gasteiger partial charge < -0.3 is 9.47 Å². The quantitative estimate of drug-likeness (QED) is 0.332. The molecule has 0 saturated carbocycles. The Morgan fingerprint density at radius 2 is 1.86 bits per heavy atom. The first kappa shape index (κ1) is 17.6. The van der Waals surface area contributed by atoms with Gasteiger partial charge in [-0.3, -0.25) is 19.7 Å². The molecule has 0 N–H and O–H groups in total. The van der Waals surface area contributed by atoms with E-state index in [4.69, 9.17) is 9.47 Å². The lowest BCUT2D eigenvalue weighted by atomic mass is 9.82. The van der Waals surface area contributed by atoms with E-state index in [-0.39, 0.29) is 25.1 Å². The zero-order chi connectivity index (χ0) is 16.8. The summed E-state index contributed by atoms with van der Waals surface area (Å²) in [5, 5.41) is 10.7. The number of rotatable bonds is 7. The lowest BCUT2D eigenvalue weighted by molar-refractivity contribution is -0.384. The number of carbonyl (C=O) groups is 2. The number of nitro groups is 1. The van der Waals surface area contributed by atoms with Crippen LogP contribution >= 0.6 is 0 Å². The zero-order valence-electron chi connectivity index (χ0n) is 12.8. The van der Waals surface area contributed by atoms with E-state index in [0.29, 0.717) is 5.56 Å². The second-order valence-corrected chi connectivity index (χ2v) is 4.78. The Morgan fingerprint density at radius 3 is 2.36 bits per heavy atom. The minimum absolute atomic E-state index is 0.0845. The lowest BCUT2D eigenvalue weighted by Crippen LogP contribution is -2.40. The van der Waals surface area contributed by atoms with Gasteiger partial charge in [0.05, 0.1) is 12.0 Å². The fourth-order valence-electron chi connectivity index (χ4n) is 2.15. The van der Waals surface area contributed by atoms with Gasteiger partial charge in [0.15, 0.2) is 5.41 Å². The van der Waals surface area contributed by atoms with Crippen molar-refractivity contribution in [2.75, 3.05) is 7.11 Å². The largest absolute Gasteiger partial charge is 0.468 e. The molecule has 0 aromatic heterocycles. The van der Waals surface area contributed by atoms with Gasteiger partial charge in [0.2, 0.25) is 0 Å². The van der Waals surface area contributed by atoms with Crippen molar-refractivity contribution >= 4 is 17.6 Å². The van der Waals surface area contributed by atoms with Gasteiger partial charge in [-0.05, 0) is 18.4 Å². The van der Waals surface area contributed by atoms with Crippen LogP contribution in [0.5, 0.6) is 0 Å². The molecule has 0 spiro atoms. The summed E-state index contributed by atoms with van der Waals surface area (Å²) in [6.45, 7) is 3.27. The maximum atomic E-state index is 12.3. The molecular weight excluding hydrogens is 290 g/mol. The topological polar surface area (TPSA) is 95.7 Å². The molecule has 0 aliphatic carbocycles. The molecule has 120 valence electrons. The summed E-state index contributed by atoms with van der Waals surface area (Å²) < 4.78 is 9.86. The minimum atomic E-state index is -1.34. The van der Waals surface area contributed by atoms with Crippen molar-refractivity contribution in [3.8, 4) is 0 Å². The van der Waals surface area contributed by atoms with Crippen LogP contribution in [-0.2, 0) is 25.7 Å². The number of ether oxygens (including phenoxy) is 2. The van der Waals surface area contributed by atoms with Gasteiger partial charge in [0.25, 0.3) is 5.69 Å². The van der Waals surface area contributed by atoms with E-state index >= 15 is 0 Å². The Kier molecular flexibility index (Phi) is 6.03. The number of benzene rings is 1. The van der Waals surface area contributed by atoms with E-state index in [0.717, 1.165) is 0 Å². The maximum absolute atomic E-state index is 12.3. The van der Waals surface area contributed by atoms with Gasteiger partial charge in [-0.25, -0.2) is 0 Å². The van der Waals surface area contributed by atoms with Gasteiger partial charge in [-0.15, -0.1) is 0 Å². The highest BCUT2D eigenvalue weighted by Gasteiger charge is 2.45. The number of methoxy groups -OCH3 is 1. The van der Waals surface area contributed by atoms with Crippen LogP contribution in [0.2, 0.25) is 0 Å². The van der Waals surface area contributed by atoms with E-state index < -0.39 is 22.3 Å². The van der Waals surface area contributed by atoms with Crippen LogP contribution < -0.4 is 0 Å². The number of esters is 2. The van der Waals surface area contributed by atoms with Gasteiger partial charge >= 0.3 is 11.9 Å². The fourth-order valence-corrected chi connectivity index (χ4v) is 2.15. The SMILES string of the molecule is CCC(CC)(C(=O)OC)C(=O)OCc1cccc([N+](=O)[O-])c1. The zero-order valence-corrected chi connectivity index (χ0v) is 12.8. The normalized spacial score (nSPS) is 10.9. The Labute approximate surface area is 128 Å². The first-order valence-corrected chi connectivity index (χ1v) is 6.90. The number of carbonyl (C=O) groups excluding carboxylic acids is 2. The van der Waals surface area contributed by atoms with E-state index in [2.05, 4.69) is 0 Å². The van der Waals surface area contributed by atoms with E-state index in [9.17, 15) is 19.7 Å². The molecule has 7 nitrogen and oxygen atoms in total. The standard InChI is InChI=1S/C15H19NO6/c1-4-15(5-2,13(17)21-3)14(18)22-10-11-7-6-8-12(9-11)16(19)20/h6-9H,4-5,10H2,1-3H3. The monoisotopic (exact) mass is 309 g/mol. The smallest absolute Gasteiger partial charge is 0.323 e. The number of non-ortho nitro benzene ring substituents is 1. The van der Waals surface area contributed by atoms with Gasteiger partial charge in [-0.1, -0.05) is 26.0 Å². The summed E-state index contributed by atoms with van der Waals surface area (Å²) in [5.74, 6) is -1.32. The van der Waals surface area contributed by atoms with Crippen molar-refractivity contribution in [3.63, 3.8) is 0 Å². The van der Waals surface area contributed by atoms with Crippen molar-refractivity contribution in [1.29, 1.82) is 0 Å². The molecule has 1 aromatic carbocycles. The first-order valence-electron chi connectivity index (χ1n) is 6.90. The Hall–Kier alpha value is -2.44. The second-order valence-electron chi connectivity index (χ2n) is 4.78. The van der Waals surface area contributed by atoms with Crippen LogP contribution in [-0.4, -0.2) is 24.0 Å². The molecule has 0 heterocycles. The lowest BCUT2D eigenvalue weighted by Gasteiger charge is -2.26. The number of nitrogens with zero attached hydrogens (tertiary/aromatic N) is 1. The van der Waals surface area contributed by atoms with Crippen LogP contribution in [0.1, 0.15) is 32.3 Å². The highest BCUT2D eigenvalue weighted by molar-refractivity contribution is 5.99. The summed E-state index contributed by atoms with van der Waals surface area (Å²) >= 11 is 0. The van der Waals surface area contributed by atoms with Crippen LogP contribution in [0.3, 0.4) is 0 Å². The molecule has 0 saturated heterocycles. The summed E-state index contributed by atoms with van der Waals surface area (Å²) in [4.78, 5) is 34.3. The third-order valence-corrected chi connectivity index (χ3v) is 3.67. The second kappa shape index (κ2) is 7.53. The van der Waals surface area contributed by atoms with Crippen molar-refractivity contribution in [2.45, 2.75) is 33.3 Å². The average Bonchev–Trinajstić information content (AvgIpc) is 2.54. The van der Waals surface area contributed by atoms with Crippen molar-refractivity contribution in [1.82, 2.24) is 0 Å². The highest BCUT2D eigenvalue weighted by atomic mass is 16.6. The van der Waals surface area contributed by atoms with Gasteiger partial charge in [0, 0.05) is 12.1 Å². The highest BCUT2D eigenvalue weighted by Crippen LogP contribution is 2.30. The van der Waals surface area contributed by atoms with Crippen molar-refractivity contribution < 1.29 is 24.0 Å². The number of hydrogen-bond donors (Lipinski definition) is 0. The molecule has 0 amide bonds. The van der Waals surface area contributed by atoms with Crippen LogP contribution in [0, 0.1) is 15.5 Å². The number of nitro benzene ring substituents is 1. The summed E-state index contributed by atoms with van der Waals surface area (Å²) in [6, 6.07) is 5.79. The van der Waals surface area contributed by atoms with E-state index in [1.165, 1.54) is 25.3 Å². The molecule has 0 aliphatic heterocycles. The molecule has 1 rings (SSSR count). The molecule has 0 unspecified atom stereocenters. The maximum Gasteiger partial charge on any atom is 0.323 e. The van der Waals surface area contributed by atoms with Crippen LogP contribution in [0.4, 0.5) is 5.69 Å². The van der Waals surface area contributed by atoms with E-state index in [1.807, 2.05) is 0 Å². The first-order chi connectivity index (χ1) is 10.4. The minimum Gasteiger partial charge on any atom is -0.468 e. The summed E-state index contributed by atoms with van der Waals surface area (Å²) in [7, 11) is 1.22. The molecular formula is C15H19NO6. The molecule has 0 radical (unpaired) electrons. The van der Waals surface area contributed by atoms with E-state index in [1.54, 1.807) is 19.9 Å². The Bertz CT molecular complexity index is 565. The third-order valence-electron chi connectivity index (χ3n) is 3.67.